The van der Waals surface area contributed by atoms with Gasteiger partial charge in [0.2, 0.25) is 11.8 Å². The van der Waals surface area contributed by atoms with E-state index in [1.807, 2.05) is 27.7 Å². The highest BCUT2D eigenvalue weighted by molar-refractivity contribution is 5.86. The van der Waals surface area contributed by atoms with E-state index in [0.29, 0.717) is 0 Å². The minimum absolute atomic E-state index is 0.00462. The summed E-state index contributed by atoms with van der Waals surface area (Å²) < 4.78 is 0. The molecular formula is C14H28N2O2. The molecule has 18 heavy (non-hydrogen) atoms. The second kappa shape index (κ2) is 8.11. The summed E-state index contributed by atoms with van der Waals surface area (Å²) >= 11 is 0. The normalized spacial score (nSPS) is 12.9. The zero-order valence-electron chi connectivity index (χ0n) is 12.4. The van der Waals surface area contributed by atoms with Crippen LogP contribution in [0, 0.1) is 5.92 Å². The molecule has 0 spiro atoms. The number of carbonyl (C=O) groups is 2. The molecule has 0 bridgehead atoms. The summed E-state index contributed by atoms with van der Waals surface area (Å²) in [7, 11) is 0. The molecule has 0 aliphatic carbocycles. The van der Waals surface area contributed by atoms with Crippen LogP contribution in [0.4, 0.5) is 0 Å². The summed E-state index contributed by atoms with van der Waals surface area (Å²) in [4.78, 5) is 23.4. The van der Waals surface area contributed by atoms with Gasteiger partial charge in [0.1, 0.15) is 0 Å². The van der Waals surface area contributed by atoms with Crippen LogP contribution in [0.15, 0.2) is 0 Å². The fraction of sp³-hybridized carbons (Fsp3) is 0.857. The van der Waals surface area contributed by atoms with Gasteiger partial charge >= 0.3 is 0 Å². The molecule has 0 aromatic carbocycles. The molecular weight excluding hydrogens is 228 g/mol. The van der Waals surface area contributed by atoms with E-state index >= 15 is 0 Å². The van der Waals surface area contributed by atoms with E-state index in [1.165, 1.54) is 0 Å². The number of unbranched alkanes of at least 4 members (excludes halogenated alkanes) is 1. The lowest BCUT2D eigenvalue weighted by Gasteiger charge is -2.21. The minimum atomic E-state index is -0.256. The van der Waals surface area contributed by atoms with Crippen molar-refractivity contribution >= 4 is 11.8 Å². The average molecular weight is 256 g/mol. The Morgan fingerprint density at radius 2 is 1.78 bits per heavy atom. The van der Waals surface area contributed by atoms with Crippen LogP contribution in [0.25, 0.3) is 0 Å². The number of carbonyl (C=O) groups excluding carboxylic acids is 2. The quantitative estimate of drug-likeness (QED) is 0.734. The van der Waals surface area contributed by atoms with Crippen molar-refractivity contribution in [2.45, 2.75) is 65.8 Å². The van der Waals surface area contributed by atoms with Crippen LogP contribution in [-0.2, 0) is 9.59 Å². The fourth-order valence-corrected chi connectivity index (χ4v) is 1.75. The number of hydrogen-bond acceptors (Lipinski definition) is 2. The maximum atomic E-state index is 11.9. The molecule has 1 atom stereocenters. The Hall–Kier alpha value is -1.06. The molecule has 0 aliphatic rings. The van der Waals surface area contributed by atoms with Gasteiger partial charge in [-0.15, -0.1) is 0 Å². The van der Waals surface area contributed by atoms with Crippen LogP contribution in [0.1, 0.15) is 60.3 Å². The van der Waals surface area contributed by atoms with Crippen molar-refractivity contribution in [1.29, 1.82) is 0 Å². The Bertz CT molecular complexity index is 269. The van der Waals surface area contributed by atoms with Gasteiger partial charge in [-0.3, -0.25) is 9.59 Å². The molecule has 0 radical (unpaired) electrons. The molecule has 2 amide bonds. The van der Waals surface area contributed by atoms with Crippen molar-refractivity contribution < 1.29 is 9.59 Å². The molecule has 0 saturated heterocycles. The highest BCUT2D eigenvalue weighted by atomic mass is 16.2. The van der Waals surface area contributed by atoms with E-state index in [9.17, 15) is 9.59 Å². The Morgan fingerprint density at radius 3 is 2.22 bits per heavy atom. The molecule has 0 aliphatic heterocycles. The lowest BCUT2D eigenvalue weighted by molar-refractivity contribution is -0.129. The zero-order valence-corrected chi connectivity index (χ0v) is 12.4. The summed E-state index contributed by atoms with van der Waals surface area (Å²) in [6.07, 6.45) is 3.88. The molecule has 1 unspecified atom stereocenters. The first-order valence-corrected chi connectivity index (χ1v) is 6.88. The van der Waals surface area contributed by atoms with E-state index in [0.717, 1.165) is 25.7 Å². The van der Waals surface area contributed by atoms with Crippen molar-refractivity contribution in [3.05, 3.63) is 0 Å². The third-order valence-electron chi connectivity index (χ3n) is 2.71. The molecule has 0 aromatic heterocycles. The molecule has 0 saturated carbocycles. The first-order valence-electron chi connectivity index (χ1n) is 6.88. The van der Waals surface area contributed by atoms with Gasteiger partial charge in [-0.05, 0) is 33.6 Å². The zero-order chi connectivity index (χ0) is 14.2. The molecule has 0 aromatic rings. The topological polar surface area (TPSA) is 58.2 Å². The minimum Gasteiger partial charge on any atom is -0.350 e. The highest BCUT2D eigenvalue weighted by Gasteiger charge is 2.18. The number of amides is 2. The Balaban J connectivity index is 4.03. The van der Waals surface area contributed by atoms with Gasteiger partial charge in [-0.25, -0.2) is 0 Å². The van der Waals surface area contributed by atoms with Crippen LogP contribution in [0.2, 0.25) is 0 Å². The van der Waals surface area contributed by atoms with Gasteiger partial charge in [0, 0.05) is 11.5 Å². The molecule has 2 N–H and O–H groups in total. The molecule has 106 valence electrons. The Morgan fingerprint density at radius 1 is 1.17 bits per heavy atom. The number of rotatable bonds is 7. The molecule has 0 heterocycles. The standard InChI is InChI=1S/C14H28N2O2/c1-6-8-9-11(7-2)13(18)15-10-12(17)16-14(3,4)5/h11H,6-10H2,1-5H3,(H,15,18)(H,16,17). The van der Waals surface area contributed by atoms with Crippen molar-refractivity contribution in [1.82, 2.24) is 10.6 Å². The SMILES string of the molecule is CCCCC(CC)C(=O)NCC(=O)NC(C)(C)C. The maximum Gasteiger partial charge on any atom is 0.239 e. The van der Waals surface area contributed by atoms with Crippen LogP contribution in [0.5, 0.6) is 0 Å². The molecule has 4 nitrogen and oxygen atoms in total. The van der Waals surface area contributed by atoms with Gasteiger partial charge in [-0.1, -0.05) is 26.7 Å². The van der Waals surface area contributed by atoms with Crippen molar-refractivity contribution in [3.8, 4) is 0 Å². The summed E-state index contributed by atoms with van der Waals surface area (Å²) in [6, 6.07) is 0. The van der Waals surface area contributed by atoms with E-state index in [-0.39, 0.29) is 29.8 Å². The molecule has 0 rings (SSSR count). The smallest absolute Gasteiger partial charge is 0.239 e. The van der Waals surface area contributed by atoms with Gasteiger partial charge < -0.3 is 10.6 Å². The van der Waals surface area contributed by atoms with Crippen LogP contribution >= 0.6 is 0 Å². The predicted molar refractivity (Wildman–Crippen MR) is 74.2 cm³/mol. The maximum absolute atomic E-state index is 11.9. The third-order valence-corrected chi connectivity index (χ3v) is 2.71. The van der Waals surface area contributed by atoms with Crippen LogP contribution in [0.3, 0.4) is 0 Å². The highest BCUT2D eigenvalue weighted by Crippen LogP contribution is 2.12. The number of nitrogens with one attached hydrogen (secondary N) is 2. The summed E-state index contributed by atoms with van der Waals surface area (Å²) in [5.74, 6) is -0.108. The van der Waals surface area contributed by atoms with Gasteiger partial charge in [0.05, 0.1) is 6.54 Å². The van der Waals surface area contributed by atoms with E-state index in [1.54, 1.807) is 0 Å². The fourth-order valence-electron chi connectivity index (χ4n) is 1.75. The number of hydrogen-bond donors (Lipinski definition) is 2. The first kappa shape index (κ1) is 16.9. The summed E-state index contributed by atoms with van der Waals surface area (Å²) in [5, 5.41) is 5.53. The average Bonchev–Trinajstić information content (AvgIpc) is 2.25. The van der Waals surface area contributed by atoms with Crippen molar-refractivity contribution in [3.63, 3.8) is 0 Å². The first-order chi connectivity index (χ1) is 8.30. The van der Waals surface area contributed by atoms with Crippen LogP contribution in [-0.4, -0.2) is 23.9 Å². The molecule has 4 heteroatoms. The lowest BCUT2D eigenvalue weighted by atomic mass is 9.98. The van der Waals surface area contributed by atoms with Crippen molar-refractivity contribution in [2.24, 2.45) is 5.92 Å². The van der Waals surface area contributed by atoms with E-state index in [4.69, 9.17) is 0 Å². The van der Waals surface area contributed by atoms with Crippen molar-refractivity contribution in [2.75, 3.05) is 6.54 Å². The third kappa shape index (κ3) is 8.09. The Labute approximate surface area is 111 Å². The molecule has 0 fully saturated rings. The lowest BCUT2D eigenvalue weighted by Crippen LogP contribution is -2.46. The van der Waals surface area contributed by atoms with E-state index in [2.05, 4.69) is 17.6 Å². The monoisotopic (exact) mass is 256 g/mol. The summed E-state index contributed by atoms with van der Waals surface area (Å²) in [5.41, 5.74) is -0.256. The largest absolute Gasteiger partial charge is 0.350 e. The predicted octanol–water partition coefficient (Wildman–Crippen LogP) is 2.23. The van der Waals surface area contributed by atoms with Crippen LogP contribution < -0.4 is 10.6 Å². The second-order valence-corrected chi connectivity index (χ2v) is 5.76. The van der Waals surface area contributed by atoms with Gasteiger partial charge in [0.15, 0.2) is 0 Å². The van der Waals surface area contributed by atoms with Gasteiger partial charge in [-0.2, -0.15) is 0 Å². The van der Waals surface area contributed by atoms with Gasteiger partial charge in [0.25, 0.3) is 0 Å². The summed E-state index contributed by atoms with van der Waals surface area (Å²) in [6.45, 7) is 9.95. The van der Waals surface area contributed by atoms with E-state index < -0.39 is 0 Å². The Kier molecular flexibility index (Phi) is 7.64. The second-order valence-electron chi connectivity index (χ2n) is 5.76.